The predicted molar refractivity (Wildman–Crippen MR) is 65.4 cm³/mol. The second kappa shape index (κ2) is 4.73. The van der Waals surface area contributed by atoms with Crippen LogP contribution in [0.4, 0.5) is 5.69 Å². The maximum absolute atomic E-state index is 5.90. The van der Waals surface area contributed by atoms with Crippen LogP contribution in [0.5, 0.6) is 5.88 Å². The van der Waals surface area contributed by atoms with Crippen LogP contribution in [-0.4, -0.2) is 11.1 Å². The molecule has 0 aliphatic heterocycles. The number of aryl methyl sites for hydroxylation is 1. The van der Waals surface area contributed by atoms with Crippen molar-refractivity contribution in [3.63, 3.8) is 0 Å². The van der Waals surface area contributed by atoms with Crippen molar-refractivity contribution in [1.82, 2.24) is 4.98 Å². The molecule has 2 atom stereocenters. The molecule has 2 N–H and O–H groups in total. The largest absolute Gasteiger partial charge is 0.473 e. The van der Waals surface area contributed by atoms with Crippen molar-refractivity contribution < 1.29 is 4.74 Å². The van der Waals surface area contributed by atoms with Gasteiger partial charge in [-0.2, -0.15) is 0 Å². The standard InChI is InChI=1S/C13H20N2O/c1-9-4-3-5-11(8-9)16-13-12(14)7-6-10(2)15-13/h6-7,9,11H,3-5,8,14H2,1-2H3. The van der Waals surface area contributed by atoms with E-state index in [0.29, 0.717) is 17.7 Å². The summed E-state index contributed by atoms with van der Waals surface area (Å²) in [7, 11) is 0. The highest BCUT2D eigenvalue weighted by Crippen LogP contribution is 2.28. The first-order chi connectivity index (χ1) is 7.65. The van der Waals surface area contributed by atoms with Gasteiger partial charge in [-0.3, -0.25) is 0 Å². The summed E-state index contributed by atoms with van der Waals surface area (Å²) in [5.41, 5.74) is 7.45. The summed E-state index contributed by atoms with van der Waals surface area (Å²) in [6, 6.07) is 3.77. The smallest absolute Gasteiger partial charge is 0.237 e. The Hall–Kier alpha value is -1.25. The number of pyridine rings is 1. The minimum absolute atomic E-state index is 0.292. The molecular weight excluding hydrogens is 200 g/mol. The highest BCUT2D eigenvalue weighted by Gasteiger charge is 2.21. The molecule has 1 heterocycles. The van der Waals surface area contributed by atoms with E-state index in [9.17, 15) is 0 Å². The molecule has 1 saturated carbocycles. The van der Waals surface area contributed by atoms with Crippen LogP contribution in [0.3, 0.4) is 0 Å². The van der Waals surface area contributed by atoms with Crippen LogP contribution in [0.25, 0.3) is 0 Å². The molecule has 0 spiro atoms. The average molecular weight is 220 g/mol. The molecule has 1 aliphatic rings. The number of anilines is 1. The number of nitrogens with zero attached hydrogens (tertiary/aromatic N) is 1. The van der Waals surface area contributed by atoms with Crippen molar-refractivity contribution in [3.05, 3.63) is 17.8 Å². The van der Waals surface area contributed by atoms with Crippen molar-refractivity contribution in [3.8, 4) is 5.88 Å². The lowest BCUT2D eigenvalue weighted by Crippen LogP contribution is -2.24. The van der Waals surface area contributed by atoms with Crippen LogP contribution in [0, 0.1) is 12.8 Å². The fourth-order valence-electron chi connectivity index (χ4n) is 2.28. The highest BCUT2D eigenvalue weighted by atomic mass is 16.5. The maximum Gasteiger partial charge on any atom is 0.237 e. The summed E-state index contributed by atoms with van der Waals surface area (Å²) in [6.07, 6.45) is 5.10. The van der Waals surface area contributed by atoms with Gasteiger partial charge in [0, 0.05) is 5.69 Å². The first-order valence-electron chi connectivity index (χ1n) is 6.05. The van der Waals surface area contributed by atoms with E-state index in [-0.39, 0.29) is 0 Å². The zero-order valence-corrected chi connectivity index (χ0v) is 10.1. The molecule has 0 saturated heterocycles. The molecule has 0 amide bonds. The van der Waals surface area contributed by atoms with Crippen LogP contribution in [-0.2, 0) is 0 Å². The third-order valence-corrected chi connectivity index (χ3v) is 3.20. The monoisotopic (exact) mass is 220 g/mol. The van der Waals surface area contributed by atoms with Crippen molar-refractivity contribution in [2.45, 2.75) is 45.6 Å². The molecule has 1 aliphatic carbocycles. The highest BCUT2D eigenvalue weighted by molar-refractivity contribution is 5.48. The van der Waals surface area contributed by atoms with Gasteiger partial charge < -0.3 is 10.5 Å². The quantitative estimate of drug-likeness (QED) is 0.833. The lowest BCUT2D eigenvalue weighted by Gasteiger charge is -2.27. The minimum Gasteiger partial charge on any atom is -0.473 e. The summed E-state index contributed by atoms with van der Waals surface area (Å²) >= 11 is 0. The molecule has 1 fully saturated rings. The van der Waals surface area contributed by atoms with Gasteiger partial charge in [-0.1, -0.05) is 13.3 Å². The zero-order valence-electron chi connectivity index (χ0n) is 10.1. The number of nitrogens with two attached hydrogens (primary N) is 1. The third kappa shape index (κ3) is 2.65. The summed E-state index contributed by atoms with van der Waals surface area (Å²) < 4.78 is 5.90. The lowest BCUT2D eigenvalue weighted by molar-refractivity contribution is 0.124. The molecule has 2 rings (SSSR count). The molecule has 0 radical (unpaired) electrons. The number of aromatic nitrogens is 1. The fourth-order valence-corrected chi connectivity index (χ4v) is 2.28. The van der Waals surface area contributed by atoms with E-state index in [4.69, 9.17) is 10.5 Å². The molecule has 16 heavy (non-hydrogen) atoms. The first kappa shape index (κ1) is 11.2. The Morgan fingerprint density at radius 2 is 2.19 bits per heavy atom. The number of nitrogen functional groups attached to an aromatic ring is 1. The van der Waals surface area contributed by atoms with Gasteiger partial charge in [0.1, 0.15) is 6.10 Å². The molecular formula is C13H20N2O. The Kier molecular flexibility index (Phi) is 3.32. The molecule has 0 bridgehead atoms. The van der Waals surface area contributed by atoms with E-state index in [2.05, 4.69) is 11.9 Å². The number of rotatable bonds is 2. The van der Waals surface area contributed by atoms with Gasteiger partial charge in [0.25, 0.3) is 0 Å². The van der Waals surface area contributed by atoms with E-state index in [1.54, 1.807) is 0 Å². The maximum atomic E-state index is 5.90. The summed E-state index contributed by atoms with van der Waals surface area (Å²) in [5.74, 6) is 1.36. The second-order valence-electron chi connectivity index (χ2n) is 4.86. The first-order valence-corrected chi connectivity index (χ1v) is 6.05. The predicted octanol–water partition coefficient (Wildman–Crippen LogP) is 2.93. The van der Waals surface area contributed by atoms with Gasteiger partial charge in [-0.05, 0) is 44.2 Å². The zero-order chi connectivity index (χ0) is 11.5. The molecule has 3 heteroatoms. The summed E-state index contributed by atoms with van der Waals surface area (Å²) in [6.45, 7) is 4.23. The molecule has 3 nitrogen and oxygen atoms in total. The summed E-state index contributed by atoms with van der Waals surface area (Å²) in [5, 5.41) is 0. The van der Waals surface area contributed by atoms with Crippen LogP contribution in [0.15, 0.2) is 12.1 Å². The Labute approximate surface area is 97.0 Å². The van der Waals surface area contributed by atoms with Crippen molar-refractivity contribution in [2.24, 2.45) is 5.92 Å². The Morgan fingerprint density at radius 1 is 1.38 bits per heavy atom. The Bertz CT molecular complexity index is 365. The lowest BCUT2D eigenvalue weighted by atomic mass is 9.89. The van der Waals surface area contributed by atoms with Crippen LogP contribution in [0.1, 0.15) is 38.3 Å². The molecule has 88 valence electrons. The van der Waals surface area contributed by atoms with E-state index < -0.39 is 0 Å². The number of hydrogen-bond acceptors (Lipinski definition) is 3. The fraction of sp³-hybridized carbons (Fsp3) is 0.615. The van der Waals surface area contributed by atoms with Crippen molar-refractivity contribution in [2.75, 3.05) is 5.73 Å². The van der Waals surface area contributed by atoms with Gasteiger partial charge in [0.05, 0.1) is 5.69 Å². The van der Waals surface area contributed by atoms with Crippen LogP contribution >= 0.6 is 0 Å². The SMILES string of the molecule is Cc1ccc(N)c(OC2CCCC(C)C2)n1. The van der Waals surface area contributed by atoms with Crippen LogP contribution < -0.4 is 10.5 Å². The molecule has 0 aromatic carbocycles. The van der Waals surface area contributed by atoms with Crippen molar-refractivity contribution >= 4 is 5.69 Å². The van der Waals surface area contributed by atoms with Crippen LogP contribution in [0.2, 0.25) is 0 Å². The van der Waals surface area contributed by atoms with E-state index >= 15 is 0 Å². The van der Waals surface area contributed by atoms with E-state index in [0.717, 1.165) is 24.5 Å². The molecule has 1 aromatic heterocycles. The summed E-state index contributed by atoms with van der Waals surface area (Å²) in [4.78, 5) is 4.34. The number of hydrogen-bond donors (Lipinski definition) is 1. The number of ether oxygens (including phenoxy) is 1. The van der Waals surface area contributed by atoms with E-state index in [1.165, 1.54) is 12.8 Å². The topological polar surface area (TPSA) is 48.1 Å². The van der Waals surface area contributed by atoms with Gasteiger partial charge >= 0.3 is 0 Å². The minimum atomic E-state index is 0.292. The van der Waals surface area contributed by atoms with Gasteiger partial charge in [0.2, 0.25) is 5.88 Å². The average Bonchev–Trinajstić information content (AvgIpc) is 2.24. The third-order valence-electron chi connectivity index (χ3n) is 3.20. The van der Waals surface area contributed by atoms with Gasteiger partial charge in [-0.15, -0.1) is 0 Å². The van der Waals surface area contributed by atoms with Crippen molar-refractivity contribution in [1.29, 1.82) is 0 Å². The Balaban J connectivity index is 2.05. The van der Waals surface area contributed by atoms with Gasteiger partial charge in [0.15, 0.2) is 0 Å². The molecule has 1 aromatic rings. The molecule has 2 unspecified atom stereocenters. The van der Waals surface area contributed by atoms with Gasteiger partial charge in [-0.25, -0.2) is 4.98 Å². The second-order valence-corrected chi connectivity index (χ2v) is 4.86. The van der Waals surface area contributed by atoms with E-state index in [1.807, 2.05) is 19.1 Å². The Morgan fingerprint density at radius 3 is 2.94 bits per heavy atom. The normalized spacial score (nSPS) is 25.4.